The third-order valence-corrected chi connectivity index (χ3v) is 8.45. The molecule has 1 aromatic carbocycles. The van der Waals surface area contributed by atoms with Crippen molar-refractivity contribution in [2.24, 2.45) is 0 Å². The fourth-order valence-corrected chi connectivity index (χ4v) is 6.17. The lowest BCUT2D eigenvalue weighted by Gasteiger charge is -2.35. The number of benzene rings is 1. The Balaban J connectivity index is 1.41. The molecule has 42 heavy (non-hydrogen) atoms. The highest BCUT2D eigenvalue weighted by molar-refractivity contribution is 8.26. The molecule has 0 N–H and O–H groups in total. The number of thioether (sulfide) groups is 1. The Morgan fingerprint density at radius 1 is 1.07 bits per heavy atom. The molecule has 0 unspecified atom stereocenters. The molecule has 5 rings (SSSR count). The molecule has 0 radical (unpaired) electrons. The monoisotopic (exact) mass is 609 g/mol. The Labute approximate surface area is 252 Å². The van der Waals surface area contributed by atoms with Crippen molar-refractivity contribution in [3.05, 3.63) is 69.0 Å². The van der Waals surface area contributed by atoms with Crippen molar-refractivity contribution >= 4 is 57.8 Å². The summed E-state index contributed by atoms with van der Waals surface area (Å²) in [6, 6.07) is 11.0. The van der Waals surface area contributed by atoms with Crippen molar-refractivity contribution in [1.82, 2.24) is 19.2 Å². The van der Waals surface area contributed by atoms with Crippen molar-refractivity contribution in [2.75, 3.05) is 58.5 Å². The van der Waals surface area contributed by atoms with Gasteiger partial charge >= 0.3 is 6.09 Å². The van der Waals surface area contributed by atoms with Gasteiger partial charge in [0.2, 0.25) is 0 Å². The van der Waals surface area contributed by atoms with Crippen LogP contribution in [0, 0.1) is 0 Å². The van der Waals surface area contributed by atoms with Crippen LogP contribution >= 0.6 is 24.0 Å². The summed E-state index contributed by atoms with van der Waals surface area (Å²) in [5.74, 6) is 1.44. The maximum atomic E-state index is 13.7. The van der Waals surface area contributed by atoms with E-state index >= 15 is 0 Å². The molecule has 0 spiro atoms. The topological polar surface area (TPSA) is 106 Å². The van der Waals surface area contributed by atoms with Gasteiger partial charge in [0.25, 0.3) is 11.5 Å². The molecule has 0 aliphatic carbocycles. The second-order valence-corrected chi connectivity index (χ2v) is 11.2. The number of hydrogen-bond acceptors (Lipinski definition) is 10. The molecule has 4 heterocycles. The van der Waals surface area contributed by atoms with Crippen LogP contribution in [0.2, 0.25) is 0 Å². The van der Waals surface area contributed by atoms with Gasteiger partial charge in [-0.15, -0.1) is 0 Å². The summed E-state index contributed by atoms with van der Waals surface area (Å²) in [5, 5.41) is 0. The highest BCUT2D eigenvalue weighted by Gasteiger charge is 2.33. The molecular weight excluding hydrogens is 578 g/mol. The van der Waals surface area contributed by atoms with Gasteiger partial charge in [0, 0.05) is 38.9 Å². The summed E-state index contributed by atoms with van der Waals surface area (Å²) in [6.07, 6.45) is 3.44. The molecule has 2 fully saturated rings. The van der Waals surface area contributed by atoms with Crippen LogP contribution in [0.4, 0.5) is 10.6 Å². The van der Waals surface area contributed by atoms with E-state index in [0.717, 1.165) is 5.56 Å². The molecule has 220 valence electrons. The van der Waals surface area contributed by atoms with Gasteiger partial charge in [-0.3, -0.25) is 18.9 Å². The first kappa shape index (κ1) is 29.4. The largest absolute Gasteiger partial charge is 0.493 e. The second kappa shape index (κ2) is 12.8. The first-order valence-electron chi connectivity index (χ1n) is 13.5. The molecule has 2 amide bonds. The van der Waals surface area contributed by atoms with E-state index < -0.39 is 0 Å². The summed E-state index contributed by atoms with van der Waals surface area (Å²) in [5.41, 5.74) is 1.46. The standard InChI is InChI=1S/C29H31N5O6S2/c1-4-40-28(37)32-15-13-31(14-16-32)25-20(26(35)33-11-6-5-7-24(33)30-25)18-23-27(36)34(29(41)42-23)12-10-19-8-9-21(38-2)22(17-19)39-3/h5-9,11,17-18H,4,10,12-16H2,1-3H3/b23-18+. The lowest BCUT2D eigenvalue weighted by Crippen LogP contribution is -2.49. The normalized spacial score (nSPS) is 16.5. The van der Waals surface area contributed by atoms with Crippen LogP contribution in [0.3, 0.4) is 0 Å². The summed E-state index contributed by atoms with van der Waals surface area (Å²) < 4.78 is 17.7. The third-order valence-electron chi connectivity index (χ3n) is 7.08. The Bertz CT molecular complexity index is 1620. The van der Waals surface area contributed by atoms with Crippen molar-refractivity contribution < 1.29 is 23.8 Å². The number of carbonyl (C=O) groups excluding carboxylic acids is 2. The number of methoxy groups -OCH3 is 2. The number of carbonyl (C=O) groups is 2. The minimum absolute atomic E-state index is 0.263. The van der Waals surface area contributed by atoms with Crippen LogP contribution in [0.25, 0.3) is 11.7 Å². The number of amides is 2. The predicted molar refractivity (Wildman–Crippen MR) is 165 cm³/mol. The van der Waals surface area contributed by atoms with Gasteiger partial charge in [0.15, 0.2) is 11.5 Å². The van der Waals surface area contributed by atoms with Crippen LogP contribution in [-0.2, 0) is 16.0 Å². The van der Waals surface area contributed by atoms with Crippen molar-refractivity contribution in [3.63, 3.8) is 0 Å². The molecule has 13 heteroatoms. The van der Waals surface area contributed by atoms with Crippen LogP contribution < -0.4 is 19.9 Å². The van der Waals surface area contributed by atoms with E-state index in [-0.39, 0.29) is 17.6 Å². The number of ether oxygens (including phenoxy) is 3. The van der Waals surface area contributed by atoms with E-state index in [4.69, 9.17) is 31.4 Å². The Morgan fingerprint density at radius 3 is 2.55 bits per heavy atom. The lowest BCUT2D eigenvalue weighted by molar-refractivity contribution is -0.122. The SMILES string of the molecule is CCOC(=O)N1CCN(c2nc3ccccn3c(=O)c2/C=C2/SC(=S)N(CCc3ccc(OC)c(OC)c3)C2=O)CC1. The van der Waals surface area contributed by atoms with Gasteiger partial charge in [-0.25, -0.2) is 9.78 Å². The van der Waals surface area contributed by atoms with Crippen molar-refractivity contribution in [2.45, 2.75) is 13.3 Å². The number of aromatic nitrogens is 2. The number of anilines is 1. The average molecular weight is 610 g/mol. The van der Waals surface area contributed by atoms with Crippen molar-refractivity contribution in [3.8, 4) is 11.5 Å². The number of pyridine rings is 1. The number of rotatable bonds is 8. The molecule has 2 aliphatic heterocycles. The molecule has 0 saturated carbocycles. The van der Waals surface area contributed by atoms with Gasteiger partial charge in [0.1, 0.15) is 15.8 Å². The smallest absolute Gasteiger partial charge is 0.409 e. The number of piperazine rings is 1. The summed E-state index contributed by atoms with van der Waals surface area (Å²) in [7, 11) is 3.16. The zero-order valence-electron chi connectivity index (χ0n) is 23.6. The average Bonchev–Trinajstić information content (AvgIpc) is 3.28. The molecular formula is C29H31N5O6S2. The van der Waals surface area contributed by atoms with E-state index in [0.29, 0.717) is 83.5 Å². The molecule has 2 aromatic heterocycles. The fraction of sp³-hybridized carbons (Fsp3) is 0.345. The van der Waals surface area contributed by atoms with Crippen LogP contribution in [0.15, 0.2) is 52.3 Å². The first-order chi connectivity index (χ1) is 20.3. The van der Waals surface area contributed by atoms with Crippen LogP contribution in [0.5, 0.6) is 11.5 Å². The summed E-state index contributed by atoms with van der Waals surface area (Å²) in [4.78, 5) is 49.7. The third kappa shape index (κ3) is 5.93. The molecule has 11 nitrogen and oxygen atoms in total. The highest BCUT2D eigenvalue weighted by atomic mass is 32.2. The lowest BCUT2D eigenvalue weighted by atomic mass is 10.1. The van der Waals surface area contributed by atoms with Gasteiger partial charge in [-0.1, -0.05) is 36.1 Å². The molecule has 2 saturated heterocycles. The maximum Gasteiger partial charge on any atom is 0.409 e. The Morgan fingerprint density at radius 2 is 1.83 bits per heavy atom. The van der Waals surface area contributed by atoms with E-state index in [1.807, 2.05) is 29.2 Å². The van der Waals surface area contributed by atoms with Crippen molar-refractivity contribution in [1.29, 1.82) is 0 Å². The Hall–Kier alpha value is -4.10. The van der Waals surface area contributed by atoms with Gasteiger partial charge in [-0.05, 0) is 49.2 Å². The number of nitrogens with zero attached hydrogens (tertiary/aromatic N) is 5. The van der Waals surface area contributed by atoms with E-state index in [9.17, 15) is 14.4 Å². The van der Waals surface area contributed by atoms with Gasteiger partial charge < -0.3 is 24.0 Å². The molecule has 3 aromatic rings. The minimum Gasteiger partial charge on any atom is -0.493 e. The number of thiocarbonyl (C=S) groups is 1. The summed E-state index contributed by atoms with van der Waals surface area (Å²) >= 11 is 6.73. The molecule has 0 bridgehead atoms. The van der Waals surface area contributed by atoms with E-state index in [1.54, 1.807) is 55.3 Å². The van der Waals surface area contributed by atoms with Crippen LogP contribution in [0.1, 0.15) is 18.1 Å². The molecule has 0 atom stereocenters. The fourth-order valence-electron chi connectivity index (χ4n) is 4.87. The first-order valence-corrected chi connectivity index (χ1v) is 14.7. The second-order valence-electron chi connectivity index (χ2n) is 9.53. The zero-order chi connectivity index (χ0) is 29.8. The molecule has 2 aliphatic rings. The number of hydrogen-bond donors (Lipinski definition) is 0. The van der Waals surface area contributed by atoms with Crippen LogP contribution in [-0.4, -0.2) is 89.1 Å². The minimum atomic E-state index is -0.360. The Kier molecular flexibility index (Phi) is 8.97. The van der Waals surface area contributed by atoms with E-state index in [2.05, 4.69) is 0 Å². The zero-order valence-corrected chi connectivity index (χ0v) is 25.2. The van der Waals surface area contributed by atoms with Gasteiger partial charge in [-0.2, -0.15) is 0 Å². The van der Waals surface area contributed by atoms with Gasteiger partial charge in [0.05, 0.1) is 31.3 Å². The quantitative estimate of drug-likeness (QED) is 0.279. The summed E-state index contributed by atoms with van der Waals surface area (Å²) in [6.45, 7) is 4.21. The number of fused-ring (bicyclic) bond motifs is 1. The highest BCUT2D eigenvalue weighted by Crippen LogP contribution is 2.34. The maximum absolute atomic E-state index is 13.7. The predicted octanol–water partition coefficient (Wildman–Crippen LogP) is 3.43. The van der Waals surface area contributed by atoms with E-state index in [1.165, 1.54) is 16.2 Å².